The molecule has 1 rings (SSSR count). The lowest BCUT2D eigenvalue weighted by molar-refractivity contribution is -0.385. The summed E-state index contributed by atoms with van der Waals surface area (Å²) >= 11 is 0. The van der Waals surface area contributed by atoms with Crippen molar-refractivity contribution in [3.8, 4) is 0 Å². The first kappa shape index (κ1) is 10.6. The molecule has 0 bridgehead atoms. The van der Waals surface area contributed by atoms with Crippen LogP contribution < -0.4 is 5.73 Å². The molecular formula is C9H11FN2O2. The van der Waals surface area contributed by atoms with Crippen molar-refractivity contribution in [3.63, 3.8) is 0 Å². The molecule has 0 aliphatic rings. The summed E-state index contributed by atoms with van der Waals surface area (Å²) in [5, 5.41) is 10.6. The Morgan fingerprint density at radius 1 is 1.64 bits per heavy atom. The van der Waals surface area contributed by atoms with Gasteiger partial charge < -0.3 is 5.73 Å². The average molecular weight is 198 g/mol. The van der Waals surface area contributed by atoms with Gasteiger partial charge in [-0.2, -0.15) is 0 Å². The molecule has 0 aliphatic carbocycles. The number of benzene rings is 1. The number of nitrogens with zero attached hydrogens (tertiary/aromatic N) is 1. The quantitative estimate of drug-likeness (QED) is 0.592. The molecule has 2 N–H and O–H groups in total. The number of halogens is 1. The van der Waals surface area contributed by atoms with Crippen LogP contribution in [0.25, 0.3) is 0 Å². The number of hydrogen-bond acceptors (Lipinski definition) is 3. The minimum atomic E-state index is -0.606. The van der Waals surface area contributed by atoms with E-state index in [0.29, 0.717) is 12.0 Å². The van der Waals surface area contributed by atoms with Crippen molar-refractivity contribution in [2.24, 2.45) is 5.73 Å². The molecule has 0 saturated carbocycles. The summed E-state index contributed by atoms with van der Waals surface area (Å²) in [4.78, 5) is 9.96. The molecule has 5 heteroatoms. The van der Waals surface area contributed by atoms with Gasteiger partial charge in [-0.05, 0) is 25.5 Å². The Morgan fingerprint density at radius 3 is 2.79 bits per heavy atom. The van der Waals surface area contributed by atoms with E-state index in [1.165, 1.54) is 12.1 Å². The van der Waals surface area contributed by atoms with Gasteiger partial charge in [0.25, 0.3) is 5.69 Å². The van der Waals surface area contributed by atoms with Gasteiger partial charge in [-0.25, -0.2) is 4.39 Å². The lowest BCUT2D eigenvalue weighted by Gasteiger charge is -2.05. The number of rotatable bonds is 3. The first-order chi connectivity index (χ1) is 6.50. The van der Waals surface area contributed by atoms with Crippen LogP contribution in [0.2, 0.25) is 0 Å². The molecule has 4 nitrogen and oxygen atoms in total. The molecule has 0 aromatic heterocycles. The van der Waals surface area contributed by atoms with E-state index in [0.717, 1.165) is 6.07 Å². The highest BCUT2D eigenvalue weighted by Crippen LogP contribution is 2.20. The number of hydrogen-bond donors (Lipinski definition) is 1. The van der Waals surface area contributed by atoms with E-state index in [1.54, 1.807) is 6.92 Å². The van der Waals surface area contributed by atoms with Crippen LogP contribution in [0.3, 0.4) is 0 Å². The second-order valence-electron chi connectivity index (χ2n) is 3.21. The Bertz CT molecular complexity index is 353. The lowest BCUT2D eigenvalue weighted by atomic mass is 10.1. The van der Waals surface area contributed by atoms with E-state index in [1.807, 2.05) is 0 Å². The molecule has 0 fully saturated rings. The van der Waals surface area contributed by atoms with Crippen molar-refractivity contribution < 1.29 is 9.31 Å². The molecule has 1 atom stereocenters. The predicted octanol–water partition coefficient (Wildman–Crippen LogP) is 1.62. The monoisotopic (exact) mass is 198 g/mol. The van der Waals surface area contributed by atoms with E-state index < -0.39 is 10.7 Å². The standard InChI is InChI=1S/C9H11FN2O2/c1-6(11)4-7-2-3-8(10)5-9(7)12(13)14/h2-3,5-6H,4,11H2,1H3/t6-/m0/s1. The van der Waals surface area contributed by atoms with Gasteiger partial charge in [0.1, 0.15) is 5.82 Å². The van der Waals surface area contributed by atoms with Gasteiger partial charge >= 0.3 is 0 Å². The highest BCUT2D eigenvalue weighted by atomic mass is 19.1. The first-order valence-corrected chi connectivity index (χ1v) is 4.19. The van der Waals surface area contributed by atoms with Crippen molar-refractivity contribution in [1.82, 2.24) is 0 Å². The third kappa shape index (κ3) is 2.50. The molecule has 0 heterocycles. The number of nitro benzene ring substituents is 1. The molecule has 1 aromatic rings. The highest BCUT2D eigenvalue weighted by molar-refractivity contribution is 5.40. The summed E-state index contributed by atoms with van der Waals surface area (Å²) in [7, 11) is 0. The predicted molar refractivity (Wildman–Crippen MR) is 50.4 cm³/mol. The maximum Gasteiger partial charge on any atom is 0.275 e. The molecule has 0 radical (unpaired) electrons. The molecule has 76 valence electrons. The Balaban J connectivity index is 3.08. The van der Waals surface area contributed by atoms with Crippen molar-refractivity contribution in [2.75, 3.05) is 0 Å². The van der Waals surface area contributed by atoms with Crippen LogP contribution in [0, 0.1) is 15.9 Å². The van der Waals surface area contributed by atoms with Crippen molar-refractivity contribution in [1.29, 1.82) is 0 Å². The van der Waals surface area contributed by atoms with Crippen molar-refractivity contribution >= 4 is 5.69 Å². The molecule has 0 aliphatic heterocycles. The van der Waals surface area contributed by atoms with E-state index in [2.05, 4.69) is 0 Å². The highest BCUT2D eigenvalue weighted by Gasteiger charge is 2.15. The number of nitro groups is 1. The van der Waals surface area contributed by atoms with Gasteiger partial charge in [-0.15, -0.1) is 0 Å². The van der Waals surface area contributed by atoms with Crippen LogP contribution in [-0.2, 0) is 6.42 Å². The third-order valence-electron chi connectivity index (χ3n) is 1.79. The van der Waals surface area contributed by atoms with Crippen molar-refractivity contribution in [2.45, 2.75) is 19.4 Å². The van der Waals surface area contributed by atoms with Crippen LogP contribution in [0.5, 0.6) is 0 Å². The molecule has 1 aromatic carbocycles. The largest absolute Gasteiger partial charge is 0.328 e. The maximum absolute atomic E-state index is 12.7. The van der Waals surface area contributed by atoms with E-state index >= 15 is 0 Å². The Kier molecular flexibility index (Phi) is 3.14. The van der Waals surface area contributed by atoms with Gasteiger partial charge in [0, 0.05) is 11.6 Å². The maximum atomic E-state index is 12.7. The summed E-state index contributed by atoms with van der Waals surface area (Å²) in [6.07, 6.45) is 0.372. The van der Waals surface area contributed by atoms with Crippen LogP contribution in [0.4, 0.5) is 10.1 Å². The Labute approximate surface area is 80.7 Å². The second-order valence-corrected chi connectivity index (χ2v) is 3.21. The van der Waals surface area contributed by atoms with E-state index in [9.17, 15) is 14.5 Å². The molecule has 0 unspecified atom stereocenters. The fraction of sp³-hybridized carbons (Fsp3) is 0.333. The minimum Gasteiger partial charge on any atom is -0.328 e. The van der Waals surface area contributed by atoms with Crippen molar-refractivity contribution in [3.05, 3.63) is 39.7 Å². The van der Waals surface area contributed by atoms with Crippen LogP contribution in [-0.4, -0.2) is 11.0 Å². The second kappa shape index (κ2) is 4.15. The summed E-state index contributed by atoms with van der Waals surface area (Å²) in [5.41, 5.74) is 5.77. The fourth-order valence-electron chi connectivity index (χ4n) is 1.23. The minimum absolute atomic E-state index is 0.181. The molecule has 0 spiro atoms. The smallest absolute Gasteiger partial charge is 0.275 e. The zero-order chi connectivity index (χ0) is 10.7. The third-order valence-corrected chi connectivity index (χ3v) is 1.79. The molecule has 14 heavy (non-hydrogen) atoms. The lowest BCUT2D eigenvalue weighted by Crippen LogP contribution is -2.18. The van der Waals surface area contributed by atoms with E-state index in [-0.39, 0.29) is 11.7 Å². The van der Waals surface area contributed by atoms with Crippen LogP contribution in [0.15, 0.2) is 18.2 Å². The normalized spacial score (nSPS) is 12.5. The number of nitrogens with two attached hydrogens (primary N) is 1. The van der Waals surface area contributed by atoms with Gasteiger partial charge in [0.15, 0.2) is 0 Å². The van der Waals surface area contributed by atoms with Crippen LogP contribution in [0.1, 0.15) is 12.5 Å². The van der Waals surface area contributed by atoms with Gasteiger partial charge in [0.2, 0.25) is 0 Å². The van der Waals surface area contributed by atoms with Crippen LogP contribution >= 0.6 is 0 Å². The molecular weight excluding hydrogens is 187 g/mol. The van der Waals surface area contributed by atoms with Gasteiger partial charge in [0.05, 0.1) is 11.0 Å². The van der Waals surface area contributed by atoms with E-state index in [4.69, 9.17) is 5.73 Å². The summed E-state index contributed by atoms with van der Waals surface area (Å²) in [6.45, 7) is 1.74. The average Bonchev–Trinajstić information content (AvgIpc) is 2.07. The molecule has 0 amide bonds. The summed E-state index contributed by atoms with van der Waals surface area (Å²) in [6, 6.07) is 3.33. The van der Waals surface area contributed by atoms with Gasteiger partial charge in [-0.1, -0.05) is 0 Å². The summed E-state index contributed by atoms with van der Waals surface area (Å²) < 4.78 is 12.7. The zero-order valence-corrected chi connectivity index (χ0v) is 7.74. The Hall–Kier alpha value is -1.49. The molecule has 0 saturated heterocycles. The van der Waals surface area contributed by atoms with Gasteiger partial charge in [-0.3, -0.25) is 10.1 Å². The SMILES string of the molecule is C[C@H](N)Cc1ccc(F)cc1[N+](=O)[O-]. The first-order valence-electron chi connectivity index (χ1n) is 4.19. The topological polar surface area (TPSA) is 69.2 Å². The summed E-state index contributed by atoms with van der Waals surface area (Å²) in [5.74, 6) is -0.606. The zero-order valence-electron chi connectivity index (χ0n) is 7.74. The fourth-order valence-corrected chi connectivity index (χ4v) is 1.23. The Morgan fingerprint density at radius 2 is 2.29 bits per heavy atom.